The van der Waals surface area contributed by atoms with E-state index in [1.807, 2.05) is 0 Å². The van der Waals surface area contributed by atoms with E-state index in [1.165, 1.54) is 0 Å². The molecule has 0 aliphatic rings. The molecule has 0 aromatic rings. The Balaban J connectivity index is 0. The van der Waals surface area contributed by atoms with E-state index < -0.39 is 18.0 Å². The highest BCUT2D eigenvalue weighted by molar-refractivity contribution is 5.73. The quantitative estimate of drug-likeness (QED) is 0.374. The van der Waals surface area contributed by atoms with Crippen LogP contribution in [0.15, 0.2) is 0 Å². The van der Waals surface area contributed by atoms with Gasteiger partial charge in [-0.25, -0.2) is 4.79 Å². The van der Waals surface area contributed by atoms with Crippen LogP contribution in [0.5, 0.6) is 0 Å². The molecule has 0 unspecified atom stereocenters. The molecule has 13 heavy (non-hydrogen) atoms. The molecule has 0 aliphatic carbocycles. The van der Waals surface area contributed by atoms with E-state index in [2.05, 4.69) is 5.32 Å². The maximum Gasteiger partial charge on any atom is 0.320 e. The van der Waals surface area contributed by atoms with E-state index in [0.717, 1.165) is 0 Å². The topological polar surface area (TPSA) is 150 Å². The zero-order valence-electron chi connectivity index (χ0n) is 7.12. The molecule has 0 rings (SSSR count). The molecule has 0 fully saturated rings. The van der Waals surface area contributed by atoms with Crippen LogP contribution in [-0.2, 0) is 4.79 Å². The molecule has 0 saturated carbocycles. The SMILES string of the molecule is NC(=O)NCCC[C@H](N)C(=O)O.O. The molecule has 0 bridgehead atoms. The maximum atomic E-state index is 10.2. The second-order valence-corrected chi connectivity index (χ2v) is 2.38. The van der Waals surface area contributed by atoms with Crippen molar-refractivity contribution in [2.75, 3.05) is 6.54 Å². The first-order valence-electron chi connectivity index (χ1n) is 3.55. The third kappa shape index (κ3) is 8.57. The predicted molar refractivity (Wildman–Crippen MR) is 46.0 cm³/mol. The highest BCUT2D eigenvalue weighted by Gasteiger charge is 2.09. The van der Waals surface area contributed by atoms with Gasteiger partial charge in [-0.15, -0.1) is 0 Å². The van der Waals surface area contributed by atoms with E-state index in [0.29, 0.717) is 19.4 Å². The summed E-state index contributed by atoms with van der Waals surface area (Å²) in [4.78, 5) is 20.3. The number of nitrogens with one attached hydrogen (secondary N) is 1. The molecule has 2 amide bonds. The van der Waals surface area contributed by atoms with Crippen LogP contribution in [0.25, 0.3) is 0 Å². The molecule has 7 heteroatoms. The molecular formula is C6H15N3O4. The molecule has 0 spiro atoms. The second kappa shape index (κ2) is 7.32. The number of amides is 2. The van der Waals surface area contributed by atoms with Gasteiger partial charge in [-0.1, -0.05) is 0 Å². The third-order valence-corrected chi connectivity index (χ3v) is 1.31. The molecule has 0 aliphatic heterocycles. The van der Waals surface area contributed by atoms with Gasteiger partial charge in [0.15, 0.2) is 0 Å². The zero-order chi connectivity index (χ0) is 9.56. The van der Waals surface area contributed by atoms with E-state index in [1.54, 1.807) is 0 Å². The van der Waals surface area contributed by atoms with E-state index in [4.69, 9.17) is 16.6 Å². The van der Waals surface area contributed by atoms with Crippen LogP contribution in [0.3, 0.4) is 0 Å². The van der Waals surface area contributed by atoms with Crippen molar-refractivity contribution in [3.63, 3.8) is 0 Å². The van der Waals surface area contributed by atoms with Gasteiger partial charge in [-0.05, 0) is 12.8 Å². The van der Waals surface area contributed by atoms with Gasteiger partial charge in [0.2, 0.25) is 0 Å². The number of carbonyl (C=O) groups excluding carboxylic acids is 1. The number of nitrogens with two attached hydrogens (primary N) is 2. The number of hydrogen-bond acceptors (Lipinski definition) is 3. The Bertz CT molecular complexity index is 173. The third-order valence-electron chi connectivity index (χ3n) is 1.31. The lowest BCUT2D eigenvalue weighted by atomic mass is 10.2. The standard InChI is InChI=1S/C6H13N3O3.H2O/c7-4(5(10)11)2-1-3-9-6(8)12;/h4H,1-3,7H2,(H,10,11)(H3,8,9,12);1H2/t4-;/m0./s1. The number of carboxylic acid groups (broad SMARTS) is 1. The summed E-state index contributed by atoms with van der Waals surface area (Å²) in [6.07, 6.45) is 0.839. The number of primary amides is 1. The van der Waals surface area contributed by atoms with Crippen molar-refractivity contribution in [1.29, 1.82) is 0 Å². The van der Waals surface area contributed by atoms with Crippen LogP contribution >= 0.6 is 0 Å². The summed E-state index contributed by atoms with van der Waals surface area (Å²) >= 11 is 0. The molecule has 0 aromatic carbocycles. The minimum absolute atomic E-state index is 0. The number of rotatable bonds is 5. The largest absolute Gasteiger partial charge is 0.480 e. The van der Waals surface area contributed by atoms with Crippen LogP contribution < -0.4 is 16.8 Å². The van der Waals surface area contributed by atoms with Gasteiger partial charge in [0.05, 0.1) is 0 Å². The molecule has 78 valence electrons. The van der Waals surface area contributed by atoms with Gasteiger partial charge in [0.1, 0.15) is 6.04 Å². The van der Waals surface area contributed by atoms with Gasteiger partial charge in [0, 0.05) is 6.54 Å². The summed E-state index contributed by atoms with van der Waals surface area (Å²) in [7, 11) is 0. The lowest BCUT2D eigenvalue weighted by Gasteiger charge is -2.05. The molecule has 0 heterocycles. The average molecular weight is 193 g/mol. The van der Waals surface area contributed by atoms with Crippen molar-refractivity contribution < 1.29 is 20.2 Å². The Kier molecular flexibility index (Phi) is 7.99. The smallest absolute Gasteiger partial charge is 0.320 e. The van der Waals surface area contributed by atoms with E-state index in [9.17, 15) is 9.59 Å². The van der Waals surface area contributed by atoms with Gasteiger partial charge < -0.3 is 27.4 Å². The predicted octanol–water partition coefficient (Wildman–Crippen LogP) is -1.98. The monoisotopic (exact) mass is 193 g/mol. The summed E-state index contributed by atoms with van der Waals surface area (Å²) in [5.74, 6) is -1.03. The normalized spacial score (nSPS) is 11.2. The summed E-state index contributed by atoms with van der Waals surface area (Å²) in [5.41, 5.74) is 9.96. The summed E-state index contributed by atoms with van der Waals surface area (Å²) in [5, 5.41) is 10.7. The van der Waals surface area contributed by atoms with Gasteiger partial charge >= 0.3 is 12.0 Å². The highest BCUT2D eigenvalue weighted by Crippen LogP contribution is 1.92. The number of urea groups is 1. The molecule has 8 N–H and O–H groups in total. The number of aliphatic carboxylic acids is 1. The minimum Gasteiger partial charge on any atom is -0.480 e. The van der Waals surface area contributed by atoms with Gasteiger partial charge in [-0.2, -0.15) is 0 Å². The Labute approximate surface area is 75.4 Å². The Morgan fingerprint density at radius 2 is 2.00 bits per heavy atom. The first kappa shape index (κ1) is 14.2. The minimum atomic E-state index is -1.03. The average Bonchev–Trinajstić information content (AvgIpc) is 1.97. The molecule has 7 nitrogen and oxygen atoms in total. The van der Waals surface area contributed by atoms with Crippen LogP contribution in [0.4, 0.5) is 4.79 Å². The first-order valence-corrected chi connectivity index (χ1v) is 3.55. The molecule has 0 radical (unpaired) electrons. The maximum absolute atomic E-state index is 10.2. The van der Waals surface area contributed by atoms with Crippen LogP contribution in [0, 0.1) is 0 Å². The Hall–Kier alpha value is -1.34. The van der Waals surface area contributed by atoms with Crippen molar-refractivity contribution in [2.45, 2.75) is 18.9 Å². The first-order chi connectivity index (χ1) is 5.54. The van der Waals surface area contributed by atoms with Crippen LogP contribution in [0.1, 0.15) is 12.8 Å². The van der Waals surface area contributed by atoms with Crippen molar-refractivity contribution >= 4 is 12.0 Å². The van der Waals surface area contributed by atoms with Crippen molar-refractivity contribution in [3.05, 3.63) is 0 Å². The second-order valence-electron chi connectivity index (χ2n) is 2.38. The summed E-state index contributed by atoms with van der Waals surface area (Å²) in [6.45, 7) is 0.357. The number of carbonyl (C=O) groups is 2. The van der Waals surface area contributed by atoms with Crippen molar-refractivity contribution in [3.8, 4) is 0 Å². The molecule has 0 saturated heterocycles. The summed E-state index contributed by atoms with van der Waals surface area (Å²) in [6, 6.07) is -1.47. The van der Waals surface area contributed by atoms with Crippen LogP contribution in [-0.4, -0.2) is 35.2 Å². The Morgan fingerprint density at radius 1 is 1.46 bits per heavy atom. The van der Waals surface area contributed by atoms with E-state index >= 15 is 0 Å². The number of carboxylic acids is 1. The highest BCUT2D eigenvalue weighted by atomic mass is 16.4. The zero-order valence-corrected chi connectivity index (χ0v) is 7.12. The fraction of sp³-hybridized carbons (Fsp3) is 0.667. The molecule has 1 atom stereocenters. The van der Waals surface area contributed by atoms with Gasteiger partial charge in [0.25, 0.3) is 0 Å². The fourth-order valence-corrected chi connectivity index (χ4v) is 0.657. The summed E-state index contributed by atoms with van der Waals surface area (Å²) < 4.78 is 0. The molecule has 0 aromatic heterocycles. The Morgan fingerprint density at radius 3 is 2.38 bits per heavy atom. The molecular weight excluding hydrogens is 178 g/mol. The van der Waals surface area contributed by atoms with Gasteiger partial charge in [-0.3, -0.25) is 4.79 Å². The van der Waals surface area contributed by atoms with Crippen LogP contribution in [0.2, 0.25) is 0 Å². The lowest BCUT2D eigenvalue weighted by Crippen LogP contribution is -2.33. The van der Waals surface area contributed by atoms with E-state index in [-0.39, 0.29) is 5.48 Å². The van der Waals surface area contributed by atoms with Crippen molar-refractivity contribution in [2.24, 2.45) is 11.5 Å². The lowest BCUT2D eigenvalue weighted by molar-refractivity contribution is -0.138. The fourth-order valence-electron chi connectivity index (χ4n) is 0.657. The van der Waals surface area contributed by atoms with Crippen molar-refractivity contribution in [1.82, 2.24) is 5.32 Å². The number of hydrogen-bond donors (Lipinski definition) is 4.